The van der Waals surface area contributed by atoms with E-state index in [9.17, 15) is 0 Å². The Hall–Kier alpha value is -2.90. The molecule has 0 unspecified atom stereocenters. The molecule has 0 atom stereocenters. The Morgan fingerprint density at radius 3 is 2.76 bits per heavy atom. The van der Waals surface area contributed by atoms with E-state index in [1.54, 1.807) is 0 Å². The number of aromatic nitrogens is 4. The van der Waals surface area contributed by atoms with Crippen LogP contribution in [0.1, 0.15) is 36.3 Å². The lowest BCUT2D eigenvalue weighted by atomic mass is 9.77. The third-order valence-electron chi connectivity index (χ3n) is 5.26. The number of rotatable bonds is 5. The van der Waals surface area contributed by atoms with Crippen LogP contribution >= 0.6 is 12.4 Å². The van der Waals surface area contributed by atoms with Crippen LogP contribution < -0.4 is 10.5 Å². The molecule has 150 valence electrons. The summed E-state index contributed by atoms with van der Waals surface area (Å²) in [5.74, 6) is 1.66. The predicted molar refractivity (Wildman–Crippen MR) is 111 cm³/mol. The first-order chi connectivity index (χ1) is 13.6. The summed E-state index contributed by atoms with van der Waals surface area (Å²) in [6, 6.07) is 11.7. The highest BCUT2D eigenvalue weighted by atomic mass is 35.5. The van der Waals surface area contributed by atoms with Crippen molar-refractivity contribution in [3.8, 4) is 17.2 Å². The van der Waals surface area contributed by atoms with Gasteiger partial charge in [-0.2, -0.15) is 4.98 Å². The number of pyridine rings is 1. The van der Waals surface area contributed by atoms with Crippen LogP contribution in [0.15, 0.2) is 53.3 Å². The number of para-hydroxylation sites is 1. The Balaban J connectivity index is 0.00000205. The van der Waals surface area contributed by atoms with Gasteiger partial charge >= 0.3 is 0 Å². The molecule has 4 aromatic rings. The minimum Gasteiger partial charge on any atom is -0.486 e. The minimum atomic E-state index is -0.452. The second-order valence-corrected chi connectivity index (χ2v) is 7.42. The van der Waals surface area contributed by atoms with E-state index in [0.717, 1.165) is 36.2 Å². The Morgan fingerprint density at radius 2 is 1.97 bits per heavy atom. The summed E-state index contributed by atoms with van der Waals surface area (Å²) in [5, 5.41) is 4.10. The quantitative estimate of drug-likeness (QED) is 0.533. The monoisotopic (exact) mass is 411 g/mol. The number of hydrogen-bond acceptors (Lipinski definition) is 6. The second-order valence-electron chi connectivity index (χ2n) is 7.42. The highest BCUT2D eigenvalue weighted by molar-refractivity contribution is 5.85. The van der Waals surface area contributed by atoms with Gasteiger partial charge in [-0.1, -0.05) is 23.4 Å². The highest BCUT2D eigenvalue weighted by Gasteiger charge is 2.39. The molecule has 3 aromatic heterocycles. The predicted octanol–water partition coefficient (Wildman–Crippen LogP) is 4.03. The van der Waals surface area contributed by atoms with Crippen LogP contribution in [0, 0.1) is 6.92 Å². The lowest BCUT2D eigenvalue weighted by Gasteiger charge is -2.34. The van der Waals surface area contributed by atoms with Gasteiger partial charge < -0.3 is 19.4 Å². The number of nitrogens with two attached hydrogens (primary N) is 1. The second kappa shape index (κ2) is 7.50. The fraction of sp³-hybridized carbons (Fsp3) is 0.286. The lowest BCUT2D eigenvalue weighted by Crippen LogP contribution is -2.44. The Kier molecular flexibility index (Phi) is 5.02. The normalized spacial score (nSPS) is 15.0. The third kappa shape index (κ3) is 3.59. The SMILES string of the molecule is Cc1ccc2nc(COc3ccccc3-c3nc(C4(N)CCC4)no3)cn2c1.Cl. The van der Waals surface area contributed by atoms with Crippen LogP contribution in [0.3, 0.4) is 0 Å². The molecule has 5 rings (SSSR count). The average molecular weight is 412 g/mol. The maximum absolute atomic E-state index is 6.31. The molecule has 0 spiro atoms. The first-order valence-electron chi connectivity index (χ1n) is 9.40. The highest BCUT2D eigenvalue weighted by Crippen LogP contribution is 2.38. The molecule has 0 radical (unpaired) electrons. The summed E-state index contributed by atoms with van der Waals surface area (Å²) in [6.07, 6.45) is 6.89. The number of hydrogen-bond donors (Lipinski definition) is 1. The maximum Gasteiger partial charge on any atom is 0.261 e. The molecule has 1 aliphatic rings. The van der Waals surface area contributed by atoms with Crippen molar-refractivity contribution >= 4 is 18.1 Å². The van der Waals surface area contributed by atoms with Crippen molar-refractivity contribution in [2.75, 3.05) is 0 Å². The zero-order chi connectivity index (χ0) is 19.1. The number of nitrogens with zero attached hydrogens (tertiary/aromatic N) is 4. The minimum absolute atomic E-state index is 0. The zero-order valence-electron chi connectivity index (χ0n) is 16.0. The van der Waals surface area contributed by atoms with E-state index in [1.165, 1.54) is 5.56 Å². The van der Waals surface area contributed by atoms with E-state index in [-0.39, 0.29) is 12.4 Å². The van der Waals surface area contributed by atoms with Crippen molar-refractivity contribution in [2.24, 2.45) is 5.73 Å². The van der Waals surface area contributed by atoms with Gasteiger partial charge in [0.2, 0.25) is 0 Å². The number of benzene rings is 1. The number of fused-ring (bicyclic) bond motifs is 1. The van der Waals surface area contributed by atoms with Gasteiger partial charge in [-0.15, -0.1) is 12.4 Å². The fourth-order valence-corrected chi connectivity index (χ4v) is 3.46. The van der Waals surface area contributed by atoms with E-state index < -0.39 is 5.54 Å². The van der Waals surface area contributed by atoms with E-state index >= 15 is 0 Å². The van der Waals surface area contributed by atoms with Crippen molar-refractivity contribution in [1.82, 2.24) is 19.5 Å². The summed E-state index contributed by atoms with van der Waals surface area (Å²) >= 11 is 0. The van der Waals surface area contributed by atoms with Gasteiger partial charge in [0.05, 0.1) is 16.8 Å². The summed E-state index contributed by atoms with van der Waals surface area (Å²) in [5.41, 5.74) is 9.54. The van der Waals surface area contributed by atoms with Gasteiger partial charge in [-0.25, -0.2) is 4.98 Å². The summed E-state index contributed by atoms with van der Waals surface area (Å²) in [7, 11) is 0. The first kappa shape index (κ1) is 19.4. The number of ether oxygens (including phenoxy) is 1. The van der Waals surface area contributed by atoms with Gasteiger partial charge in [-0.3, -0.25) is 0 Å². The van der Waals surface area contributed by atoms with E-state index in [4.69, 9.17) is 15.0 Å². The van der Waals surface area contributed by atoms with Crippen LogP contribution in [0.2, 0.25) is 0 Å². The molecule has 8 heteroatoms. The smallest absolute Gasteiger partial charge is 0.261 e. The summed E-state index contributed by atoms with van der Waals surface area (Å²) < 4.78 is 13.5. The molecule has 1 aliphatic carbocycles. The van der Waals surface area contributed by atoms with E-state index in [1.807, 2.05) is 53.2 Å². The van der Waals surface area contributed by atoms with Crippen LogP contribution in [0.25, 0.3) is 17.1 Å². The molecule has 0 bridgehead atoms. The Morgan fingerprint density at radius 1 is 1.14 bits per heavy atom. The van der Waals surface area contributed by atoms with Crippen LogP contribution in [-0.4, -0.2) is 19.5 Å². The topological polar surface area (TPSA) is 91.5 Å². The van der Waals surface area contributed by atoms with Crippen molar-refractivity contribution < 1.29 is 9.26 Å². The largest absolute Gasteiger partial charge is 0.486 e. The van der Waals surface area contributed by atoms with Gasteiger partial charge in [0.1, 0.15) is 18.0 Å². The molecule has 7 nitrogen and oxygen atoms in total. The molecule has 2 N–H and O–H groups in total. The molecule has 29 heavy (non-hydrogen) atoms. The number of halogens is 1. The van der Waals surface area contributed by atoms with Crippen LogP contribution in [0.4, 0.5) is 0 Å². The number of aryl methyl sites for hydroxylation is 1. The van der Waals surface area contributed by atoms with Crippen molar-refractivity contribution in [3.63, 3.8) is 0 Å². The molecule has 1 saturated carbocycles. The fourth-order valence-electron chi connectivity index (χ4n) is 3.46. The van der Waals surface area contributed by atoms with Gasteiger partial charge in [-0.05, 0) is 49.9 Å². The van der Waals surface area contributed by atoms with Crippen molar-refractivity contribution in [3.05, 3.63) is 65.9 Å². The zero-order valence-corrected chi connectivity index (χ0v) is 16.9. The van der Waals surface area contributed by atoms with Gasteiger partial charge in [0.25, 0.3) is 5.89 Å². The molecule has 3 heterocycles. The molecule has 0 saturated heterocycles. The maximum atomic E-state index is 6.31. The van der Waals surface area contributed by atoms with Crippen LogP contribution in [0.5, 0.6) is 5.75 Å². The van der Waals surface area contributed by atoms with Gasteiger partial charge in [0, 0.05) is 12.4 Å². The molecule has 1 fully saturated rings. The lowest BCUT2D eigenvalue weighted by molar-refractivity contribution is 0.229. The van der Waals surface area contributed by atoms with Crippen LogP contribution in [-0.2, 0) is 12.1 Å². The summed E-state index contributed by atoms with van der Waals surface area (Å²) in [4.78, 5) is 9.13. The molecule has 1 aromatic carbocycles. The standard InChI is InChI=1S/C21H21N5O2.ClH/c1-14-7-8-18-23-15(12-26(18)11-14)13-27-17-6-3-2-5-16(17)19-24-20(25-28-19)21(22)9-4-10-21;/h2-3,5-8,11-12H,4,9-10,13,22H2,1H3;1H. The average Bonchev–Trinajstić information content (AvgIpc) is 3.31. The van der Waals surface area contributed by atoms with Crippen molar-refractivity contribution in [2.45, 2.75) is 38.3 Å². The van der Waals surface area contributed by atoms with E-state index in [0.29, 0.717) is 24.1 Å². The number of imidazole rings is 1. The Bertz CT molecular complexity index is 1150. The van der Waals surface area contributed by atoms with Crippen molar-refractivity contribution in [1.29, 1.82) is 0 Å². The Labute approximate surface area is 174 Å². The summed E-state index contributed by atoms with van der Waals surface area (Å²) in [6.45, 7) is 2.40. The molecular formula is C21H22ClN5O2. The third-order valence-corrected chi connectivity index (χ3v) is 5.26. The van der Waals surface area contributed by atoms with E-state index in [2.05, 4.69) is 22.0 Å². The van der Waals surface area contributed by atoms with Gasteiger partial charge in [0.15, 0.2) is 5.82 Å². The first-order valence-corrected chi connectivity index (χ1v) is 9.40. The molecule has 0 amide bonds. The molecular weight excluding hydrogens is 390 g/mol. The molecule has 0 aliphatic heterocycles.